The fourth-order valence-corrected chi connectivity index (χ4v) is 4.01. The highest BCUT2D eigenvalue weighted by Crippen LogP contribution is 2.36. The van der Waals surface area contributed by atoms with Crippen LogP contribution < -0.4 is 5.73 Å². The van der Waals surface area contributed by atoms with E-state index in [0.717, 1.165) is 0 Å². The second-order valence-electron chi connectivity index (χ2n) is 8.05. The Hall–Kier alpha value is -3.64. The Morgan fingerprint density at radius 3 is 2.18 bits per heavy atom. The van der Waals surface area contributed by atoms with E-state index in [4.69, 9.17) is 5.73 Å². The van der Waals surface area contributed by atoms with Crippen molar-refractivity contribution in [2.24, 2.45) is 5.73 Å². The molecule has 2 atom stereocenters. The van der Waals surface area contributed by atoms with Crippen LogP contribution in [0, 0.1) is 11.6 Å². The molecule has 2 unspecified atom stereocenters. The molecule has 1 aromatic heterocycles. The number of hydrogen-bond donors (Lipinski definition) is 2. The number of rotatable bonds is 7. The summed E-state index contributed by atoms with van der Waals surface area (Å²) in [5, 5.41) is 10.7. The van der Waals surface area contributed by atoms with Crippen molar-refractivity contribution in [3.63, 3.8) is 0 Å². The molecule has 0 saturated heterocycles. The molecule has 3 N–H and O–H groups in total. The molecule has 3 aromatic carbocycles. The maximum absolute atomic E-state index is 14.8. The Morgan fingerprint density at radius 1 is 0.939 bits per heavy atom. The van der Waals surface area contributed by atoms with Crippen LogP contribution in [0.3, 0.4) is 0 Å². The van der Waals surface area contributed by atoms with Gasteiger partial charge in [-0.05, 0) is 54.8 Å². The molecule has 4 aromatic rings. The van der Waals surface area contributed by atoms with Crippen LogP contribution in [-0.4, -0.2) is 22.1 Å². The number of pyridine rings is 1. The number of carbonyl (C=O) groups is 1. The van der Waals surface area contributed by atoms with Crippen LogP contribution in [0.25, 0.3) is 33.3 Å². The number of hydrogen-bond acceptors (Lipinski definition) is 3. The van der Waals surface area contributed by atoms with Crippen molar-refractivity contribution in [1.82, 2.24) is 4.98 Å². The number of fused-ring (bicyclic) bond motifs is 1. The van der Waals surface area contributed by atoms with Gasteiger partial charge in [0.15, 0.2) is 0 Å². The number of nitrogens with two attached hydrogens (primary N) is 1. The van der Waals surface area contributed by atoms with E-state index >= 15 is 0 Å². The van der Waals surface area contributed by atoms with Crippen molar-refractivity contribution in [2.45, 2.75) is 31.8 Å². The van der Waals surface area contributed by atoms with Gasteiger partial charge in [0.2, 0.25) is 5.91 Å². The second-order valence-corrected chi connectivity index (χ2v) is 8.05. The zero-order valence-electron chi connectivity index (χ0n) is 18.1. The third-order valence-electron chi connectivity index (χ3n) is 5.86. The number of aliphatic hydroxyl groups is 1. The number of amides is 1. The summed E-state index contributed by atoms with van der Waals surface area (Å²) in [6, 6.07) is 19.5. The largest absolute Gasteiger partial charge is 0.393 e. The Balaban J connectivity index is 1.94. The first-order valence-electron chi connectivity index (χ1n) is 10.8. The molecule has 0 bridgehead atoms. The van der Waals surface area contributed by atoms with Gasteiger partial charge in [0.05, 0.1) is 23.2 Å². The average Bonchev–Trinajstić information content (AvgIpc) is 2.81. The fraction of sp³-hybridized carbons (Fsp3) is 0.185. The number of carbonyl (C=O) groups excluding carboxylic acids is 1. The molecular formula is C27H24F2N2O2. The van der Waals surface area contributed by atoms with Gasteiger partial charge in [0, 0.05) is 22.1 Å². The van der Waals surface area contributed by atoms with Gasteiger partial charge in [-0.2, -0.15) is 0 Å². The standard InChI is InChI=1S/C27H24F2N2O2/c1-2-18(32)15-21(27(30)33)16-11-12-25-17(13-16)14-22(19-7-3-5-9-23(19)28)26(31-25)20-8-4-6-10-24(20)29/h3-14,18,21,32H,2,15H2,1H3,(H2,30,33). The third kappa shape index (κ3) is 4.61. The van der Waals surface area contributed by atoms with Gasteiger partial charge < -0.3 is 10.8 Å². The molecule has 0 saturated carbocycles. The summed E-state index contributed by atoms with van der Waals surface area (Å²) in [6.07, 6.45) is 0.0503. The molecule has 0 radical (unpaired) electrons. The molecule has 33 heavy (non-hydrogen) atoms. The first-order chi connectivity index (χ1) is 15.9. The van der Waals surface area contributed by atoms with E-state index in [1.807, 2.05) is 6.92 Å². The molecule has 0 aliphatic rings. The van der Waals surface area contributed by atoms with Crippen LogP contribution in [0.5, 0.6) is 0 Å². The number of primary amides is 1. The summed E-state index contributed by atoms with van der Waals surface area (Å²) in [4.78, 5) is 16.8. The van der Waals surface area contributed by atoms with Gasteiger partial charge in [0.25, 0.3) is 0 Å². The van der Waals surface area contributed by atoms with Crippen LogP contribution >= 0.6 is 0 Å². The van der Waals surface area contributed by atoms with Crippen molar-refractivity contribution in [3.05, 3.63) is 90.0 Å². The SMILES string of the molecule is CCC(O)CC(C(N)=O)c1ccc2nc(-c3ccccc3F)c(-c3ccccc3F)cc2c1. The molecule has 4 rings (SSSR count). The first-order valence-corrected chi connectivity index (χ1v) is 10.8. The number of halogens is 2. The second kappa shape index (κ2) is 9.46. The van der Waals surface area contributed by atoms with Crippen LogP contribution in [-0.2, 0) is 4.79 Å². The van der Waals surface area contributed by atoms with Crippen molar-refractivity contribution in [3.8, 4) is 22.4 Å². The van der Waals surface area contributed by atoms with E-state index in [9.17, 15) is 18.7 Å². The minimum atomic E-state index is -0.674. The molecule has 0 spiro atoms. The van der Waals surface area contributed by atoms with Crippen LogP contribution in [0.2, 0.25) is 0 Å². The summed E-state index contributed by atoms with van der Waals surface area (Å²) in [5.74, 6) is -2.12. The molecule has 4 nitrogen and oxygen atoms in total. The Bertz CT molecular complexity index is 1320. The smallest absolute Gasteiger partial charge is 0.225 e. The number of nitrogens with zero attached hydrogens (tertiary/aromatic N) is 1. The number of aromatic nitrogens is 1. The summed E-state index contributed by atoms with van der Waals surface area (Å²) >= 11 is 0. The quantitative estimate of drug-likeness (QED) is 0.389. The highest BCUT2D eigenvalue weighted by atomic mass is 19.1. The zero-order chi connectivity index (χ0) is 23.5. The summed E-state index contributed by atoms with van der Waals surface area (Å²) in [6.45, 7) is 1.83. The van der Waals surface area contributed by atoms with Crippen LogP contribution in [0.4, 0.5) is 8.78 Å². The molecule has 0 fully saturated rings. The van der Waals surface area contributed by atoms with E-state index in [2.05, 4.69) is 4.98 Å². The van der Waals surface area contributed by atoms with E-state index < -0.39 is 29.6 Å². The third-order valence-corrected chi connectivity index (χ3v) is 5.86. The lowest BCUT2D eigenvalue weighted by Gasteiger charge is -2.18. The fourth-order valence-electron chi connectivity index (χ4n) is 4.01. The topological polar surface area (TPSA) is 76.2 Å². The van der Waals surface area contributed by atoms with Gasteiger partial charge in [0.1, 0.15) is 11.6 Å². The monoisotopic (exact) mass is 446 g/mol. The first kappa shape index (κ1) is 22.6. The summed E-state index contributed by atoms with van der Waals surface area (Å²) in [5.41, 5.74) is 8.15. The van der Waals surface area contributed by atoms with Crippen LogP contribution in [0.1, 0.15) is 31.2 Å². The minimum Gasteiger partial charge on any atom is -0.393 e. The maximum atomic E-state index is 14.8. The van der Waals surface area contributed by atoms with E-state index in [1.165, 1.54) is 12.1 Å². The maximum Gasteiger partial charge on any atom is 0.225 e. The van der Waals surface area contributed by atoms with Gasteiger partial charge >= 0.3 is 0 Å². The molecule has 0 aliphatic heterocycles. The normalized spacial score (nSPS) is 13.1. The predicted molar refractivity (Wildman–Crippen MR) is 125 cm³/mol. The Labute approximate surface area is 190 Å². The molecular weight excluding hydrogens is 422 g/mol. The highest BCUT2D eigenvalue weighted by molar-refractivity contribution is 5.93. The van der Waals surface area contributed by atoms with Gasteiger partial charge in [-0.1, -0.05) is 43.3 Å². The molecule has 6 heteroatoms. The lowest BCUT2D eigenvalue weighted by atomic mass is 9.90. The lowest BCUT2D eigenvalue weighted by Crippen LogP contribution is -2.25. The molecule has 1 heterocycles. The lowest BCUT2D eigenvalue weighted by molar-refractivity contribution is -0.120. The zero-order valence-corrected chi connectivity index (χ0v) is 18.1. The highest BCUT2D eigenvalue weighted by Gasteiger charge is 2.22. The van der Waals surface area contributed by atoms with E-state index in [-0.39, 0.29) is 12.0 Å². The minimum absolute atomic E-state index is 0.207. The Kier molecular flexibility index (Phi) is 6.47. The Morgan fingerprint density at radius 2 is 1.58 bits per heavy atom. The number of benzene rings is 3. The summed E-state index contributed by atoms with van der Waals surface area (Å²) < 4.78 is 29.4. The van der Waals surface area contributed by atoms with Crippen molar-refractivity contribution >= 4 is 16.8 Å². The van der Waals surface area contributed by atoms with Gasteiger partial charge in [-0.15, -0.1) is 0 Å². The van der Waals surface area contributed by atoms with Crippen molar-refractivity contribution < 1.29 is 18.7 Å². The molecule has 168 valence electrons. The average molecular weight is 446 g/mol. The van der Waals surface area contributed by atoms with E-state index in [1.54, 1.807) is 60.7 Å². The van der Waals surface area contributed by atoms with Crippen molar-refractivity contribution in [2.75, 3.05) is 0 Å². The molecule has 1 amide bonds. The van der Waals surface area contributed by atoms with E-state index in [0.29, 0.717) is 39.7 Å². The summed E-state index contributed by atoms with van der Waals surface area (Å²) in [7, 11) is 0. The predicted octanol–water partition coefficient (Wildman–Crippen LogP) is 5.58. The number of aliphatic hydroxyl groups excluding tert-OH is 1. The van der Waals surface area contributed by atoms with Gasteiger partial charge in [-0.3, -0.25) is 4.79 Å². The van der Waals surface area contributed by atoms with Crippen LogP contribution in [0.15, 0.2) is 72.8 Å². The van der Waals surface area contributed by atoms with Crippen molar-refractivity contribution in [1.29, 1.82) is 0 Å². The molecule has 0 aliphatic carbocycles. The van der Waals surface area contributed by atoms with Gasteiger partial charge in [-0.25, -0.2) is 13.8 Å².